The van der Waals surface area contributed by atoms with Crippen LogP contribution in [-0.2, 0) is 14.3 Å². The number of aliphatic hydroxyl groups excluding tert-OH is 3. The molecule has 8 nitrogen and oxygen atoms in total. The van der Waals surface area contributed by atoms with Crippen LogP contribution in [0.1, 0.15) is 11.7 Å². The maximum absolute atomic E-state index is 11.0. The molecule has 6 atom stereocenters. The summed E-state index contributed by atoms with van der Waals surface area (Å²) in [6.45, 7) is 0. The number of aliphatic hydroxyl groups is 3. The van der Waals surface area contributed by atoms with Crippen LogP contribution < -0.4 is 0 Å². The number of carbonyl (C=O) groups is 1. The highest BCUT2D eigenvalue weighted by atomic mass is 16.7. The summed E-state index contributed by atoms with van der Waals surface area (Å²) in [5.74, 6) is -1.51. The molecule has 0 bridgehead atoms. The fourth-order valence-electron chi connectivity index (χ4n) is 2.11. The maximum atomic E-state index is 11.0. The molecule has 118 valence electrons. The molecule has 0 unspecified atom stereocenters. The highest BCUT2D eigenvalue weighted by molar-refractivity contribution is 5.73. The lowest BCUT2D eigenvalue weighted by Crippen LogP contribution is -2.60. The van der Waals surface area contributed by atoms with E-state index in [1.165, 1.54) is 0 Å². The summed E-state index contributed by atoms with van der Waals surface area (Å²) >= 11 is 0. The van der Waals surface area contributed by atoms with Crippen LogP contribution in [0.25, 0.3) is 0 Å². The van der Waals surface area contributed by atoms with Crippen molar-refractivity contribution in [2.24, 2.45) is 0 Å². The van der Waals surface area contributed by atoms with Gasteiger partial charge in [-0.15, -0.1) is 0 Å². The zero-order chi connectivity index (χ0) is 16.3. The molecule has 0 amide bonds. The van der Waals surface area contributed by atoms with Crippen LogP contribution in [0, 0.1) is 11.3 Å². The second-order valence-electron chi connectivity index (χ2n) is 4.79. The van der Waals surface area contributed by atoms with Gasteiger partial charge in [0, 0.05) is 0 Å². The van der Waals surface area contributed by atoms with Gasteiger partial charge < -0.3 is 29.9 Å². The van der Waals surface area contributed by atoms with Gasteiger partial charge in [-0.3, -0.25) is 0 Å². The normalized spacial score (nSPS) is 32.9. The molecule has 0 aliphatic carbocycles. The van der Waals surface area contributed by atoms with Crippen molar-refractivity contribution in [3.63, 3.8) is 0 Å². The Hall–Kier alpha value is -2.02. The third-order valence-corrected chi connectivity index (χ3v) is 3.30. The number of carboxylic acids is 1. The van der Waals surface area contributed by atoms with Gasteiger partial charge in [0.05, 0.1) is 6.07 Å². The molecule has 1 aromatic rings. The van der Waals surface area contributed by atoms with Gasteiger partial charge in [-0.05, 0) is 5.56 Å². The van der Waals surface area contributed by atoms with Crippen molar-refractivity contribution < 1.29 is 34.7 Å². The first kappa shape index (κ1) is 16.4. The molecule has 1 heterocycles. The Morgan fingerprint density at radius 3 is 2.36 bits per heavy atom. The third kappa shape index (κ3) is 3.24. The fourth-order valence-corrected chi connectivity index (χ4v) is 2.11. The molecule has 0 radical (unpaired) electrons. The summed E-state index contributed by atoms with van der Waals surface area (Å²) in [6.07, 6.45) is -9.72. The number of carboxylic acid groups (broad SMARTS) is 1. The first-order valence-electron chi connectivity index (χ1n) is 6.48. The van der Waals surface area contributed by atoms with Crippen molar-refractivity contribution >= 4 is 5.97 Å². The van der Waals surface area contributed by atoms with E-state index in [9.17, 15) is 20.1 Å². The Morgan fingerprint density at radius 1 is 1.18 bits per heavy atom. The van der Waals surface area contributed by atoms with Crippen LogP contribution in [0.15, 0.2) is 30.3 Å². The summed E-state index contributed by atoms with van der Waals surface area (Å²) in [7, 11) is 0. The Morgan fingerprint density at radius 2 is 1.82 bits per heavy atom. The minimum atomic E-state index is -1.80. The lowest BCUT2D eigenvalue weighted by atomic mass is 9.99. The second kappa shape index (κ2) is 6.83. The van der Waals surface area contributed by atoms with Crippen LogP contribution in [0.3, 0.4) is 0 Å². The number of hydrogen-bond donors (Lipinski definition) is 4. The smallest absolute Gasteiger partial charge is 0.335 e. The van der Waals surface area contributed by atoms with E-state index in [0.717, 1.165) is 0 Å². The predicted octanol–water partition coefficient (Wildman–Crippen LogP) is -0.840. The van der Waals surface area contributed by atoms with Gasteiger partial charge in [0.1, 0.15) is 18.3 Å². The number of nitrogens with zero attached hydrogens (tertiary/aromatic N) is 1. The zero-order valence-corrected chi connectivity index (χ0v) is 11.3. The van der Waals surface area contributed by atoms with Gasteiger partial charge >= 0.3 is 5.97 Å². The molecule has 0 aromatic heterocycles. The van der Waals surface area contributed by atoms with Crippen LogP contribution in [0.2, 0.25) is 0 Å². The zero-order valence-electron chi connectivity index (χ0n) is 11.3. The summed E-state index contributed by atoms with van der Waals surface area (Å²) in [5.41, 5.74) is 0.480. The molecule has 0 spiro atoms. The van der Waals surface area contributed by atoms with E-state index in [1.54, 1.807) is 30.3 Å². The minimum Gasteiger partial charge on any atom is -0.479 e. The molecular formula is C14H15NO7. The predicted molar refractivity (Wildman–Crippen MR) is 70.2 cm³/mol. The van der Waals surface area contributed by atoms with E-state index in [-0.39, 0.29) is 0 Å². The summed E-state index contributed by atoms with van der Waals surface area (Å²) in [4.78, 5) is 11.0. The number of benzene rings is 1. The Bertz CT molecular complexity index is 558. The quantitative estimate of drug-likeness (QED) is 0.564. The van der Waals surface area contributed by atoms with Crippen molar-refractivity contribution in [2.45, 2.75) is 36.8 Å². The van der Waals surface area contributed by atoms with Crippen LogP contribution in [0.4, 0.5) is 0 Å². The maximum Gasteiger partial charge on any atom is 0.335 e. The highest BCUT2D eigenvalue weighted by Gasteiger charge is 2.48. The monoisotopic (exact) mass is 309 g/mol. The largest absolute Gasteiger partial charge is 0.479 e. The number of aliphatic carboxylic acids is 1. The van der Waals surface area contributed by atoms with Gasteiger partial charge in [-0.1, -0.05) is 30.3 Å². The van der Waals surface area contributed by atoms with Gasteiger partial charge in [0.2, 0.25) is 0 Å². The van der Waals surface area contributed by atoms with E-state index >= 15 is 0 Å². The Balaban J connectivity index is 2.16. The van der Waals surface area contributed by atoms with Gasteiger partial charge in [0.15, 0.2) is 18.5 Å². The molecule has 1 saturated heterocycles. The molecule has 2 rings (SSSR count). The molecule has 22 heavy (non-hydrogen) atoms. The lowest BCUT2D eigenvalue weighted by molar-refractivity contribution is -0.300. The van der Waals surface area contributed by atoms with Crippen molar-refractivity contribution in [2.75, 3.05) is 0 Å². The van der Waals surface area contributed by atoms with Crippen LogP contribution in [0.5, 0.6) is 0 Å². The van der Waals surface area contributed by atoms with Gasteiger partial charge in [-0.2, -0.15) is 5.26 Å². The van der Waals surface area contributed by atoms with E-state index in [2.05, 4.69) is 0 Å². The van der Waals surface area contributed by atoms with E-state index in [1.807, 2.05) is 6.07 Å². The highest BCUT2D eigenvalue weighted by Crippen LogP contribution is 2.27. The Labute approximate surface area is 125 Å². The number of ether oxygens (including phenoxy) is 2. The first-order chi connectivity index (χ1) is 10.5. The van der Waals surface area contributed by atoms with Crippen molar-refractivity contribution in [1.82, 2.24) is 0 Å². The number of hydrogen-bond acceptors (Lipinski definition) is 7. The Kier molecular flexibility index (Phi) is 5.07. The van der Waals surface area contributed by atoms with E-state index < -0.39 is 42.8 Å². The molecule has 1 fully saturated rings. The minimum absolute atomic E-state index is 0.480. The van der Waals surface area contributed by atoms with E-state index in [4.69, 9.17) is 19.8 Å². The van der Waals surface area contributed by atoms with Gasteiger partial charge in [-0.25, -0.2) is 4.79 Å². The second-order valence-corrected chi connectivity index (χ2v) is 4.79. The van der Waals surface area contributed by atoms with Gasteiger partial charge in [0.25, 0.3) is 0 Å². The lowest BCUT2D eigenvalue weighted by Gasteiger charge is -2.39. The fraction of sp³-hybridized carbons (Fsp3) is 0.429. The summed E-state index contributed by atoms with van der Waals surface area (Å²) in [6, 6.07) is 10.2. The van der Waals surface area contributed by atoms with Crippen LogP contribution >= 0.6 is 0 Å². The molecule has 4 N–H and O–H groups in total. The number of nitriles is 1. The summed E-state index contributed by atoms with van der Waals surface area (Å²) < 4.78 is 10.2. The average Bonchev–Trinajstić information content (AvgIpc) is 2.52. The third-order valence-electron chi connectivity index (χ3n) is 3.30. The molecule has 0 saturated carbocycles. The average molecular weight is 309 g/mol. The topological polar surface area (TPSA) is 140 Å². The number of rotatable bonds is 4. The van der Waals surface area contributed by atoms with Crippen molar-refractivity contribution in [3.05, 3.63) is 35.9 Å². The van der Waals surface area contributed by atoms with Crippen molar-refractivity contribution in [1.29, 1.82) is 5.26 Å². The molecule has 1 aromatic carbocycles. The molecule has 1 aliphatic heterocycles. The van der Waals surface area contributed by atoms with E-state index in [0.29, 0.717) is 5.56 Å². The molecular weight excluding hydrogens is 294 g/mol. The SMILES string of the molecule is N#C[C@@H](O[C@@H]1O[C@@H](C(=O)O)[C@@H](O)[C@@H](O)[C@H]1O)c1ccccc1. The van der Waals surface area contributed by atoms with Crippen molar-refractivity contribution in [3.8, 4) is 6.07 Å². The molecule has 1 aliphatic rings. The standard InChI is InChI=1S/C14H15NO7/c15-6-8(7-4-2-1-3-5-7)21-14-11(18)9(16)10(17)12(22-14)13(19)20/h1-5,8-12,14,16-18H,(H,19,20)/t8-,9-,10+,11-,12-,14-/m1/s1. The molecule has 8 heteroatoms. The van der Waals surface area contributed by atoms with Crippen LogP contribution in [-0.4, -0.2) is 57.1 Å². The first-order valence-corrected chi connectivity index (χ1v) is 6.48. The summed E-state index contributed by atoms with van der Waals surface area (Å²) in [5, 5.41) is 47.2.